The van der Waals surface area contributed by atoms with Crippen LogP contribution in [0.15, 0.2) is 91.0 Å². The first-order valence-corrected chi connectivity index (χ1v) is 10.9. The second-order valence-electron chi connectivity index (χ2n) is 8.40. The van der Waals surface area contributed by atoms with Crippen molar-refractivity contribution in [3.63, 3.8) is 0 Å². The van der Waals surface area contributed by atoms with Gasteiger partial charge in [0.2, 0.25) is 0 Å². The van der Waals surface area contributed by atoms with Gasteiger partial charge in [0.05, 0.1) is 17.6 Å². The molecule has 0 unspecified atom stereocenters. The first-order chi connectivity index (χ1) is 15.2. The van der Waals surface area contributed by atoms with Crippen molar-refractivity contribution in [2.24, 2.45) is 0 Å². The highest BCUT2D eigenvalue weighted by atomic mass is 15.1. The van der Waals surface area contributed by atoms with E-state index in [0.717, 1.165) is 55.6 Å². The fourth-order valence-electron chi connectivity index (χ4n) is 4.79. The van der Waals surface area contributed by atoms with E-state index in [1.807, 2.05) is 54.6 Å². The minimum Gasteiger partial charge on any atom is -0.303 e. The lowest BCUT2D eigenvalue weighted by molar-refractivity contribution is 0.178. The van der Waals surface area contributed by atoms with Gasteiger partial charge in [0, 0.05) is 6.54 Å². The van der Waals surface area contributed by atoms with Gasteiger partial charge in [-0.25, -0.2) is 0 Å². The van der Waals surface area contributed by atoms with Crippen LogP contribution in [0.2, 0.25) is 0 Å². The molecule has 154 valence electrons. The van der Waals surface area contributed by atoms with E-state index in [1.165, 1.54) is 0 Å². The van der Waals surface area contributed by atoms with E-state index in [0.29, 0.717) is 0 Å². The minimum absolute atomic E-state index is 0.400. The Balaban J connectivity index is 1.52. The maximum atomic E-state index is 10.4. The fraction of sp³-hybridized carbons (Fsp3) is 0.286. The second kappa shape index (κ2) is 9.17. The van der Waals surface area contributed by atoms with Crippen LogP contribution in [0.3, 0.4) is 0 Å². The van der Waals surface area contributed by atoms with Crippen LogP contribution in [0.4, 0.5) is 0 Å². The van der Waals surface area contributed by atoms with Gasteiger partial charge in [0.1, 0.15) is 5.41 Å². The Morgan fingerprint density at radius 3 is 1.68 bits per heavy atom. The SMILES string of the molecule is N#CC1(c2ccccc2)CCN(CCC(C#N)(c2ccccc2)c2ccccc2)CC1. The van der Waals surface area contributed by atoms with Crippen LogP contribution in [0, 0.1) is 22.7 Å². The molecule has 0 amide bonds. The lowest BCUT2D eigenvalue weighted by Gasteiger charge is -2.39. The van der Waals surface area contributed by atoms with Gasteiger partial charge in [-0.15, -0.1) is 0 Å². The molecule has 3 aromatic rings. The summed E-state index contributed by atoms with van der Waals surface area (Å²) in [6.07, 6.45) is 2.37. The summed E-state index contributed by atoms with van der Waals surface area (Å²) >= 11 is 0. The van der Waals surface area contributed by atoms with Crippen molar-refractivity contribution < 1.29 is 0 Å². The van der Waals surface area contributed by atoms with Gasteiger partial charge in [-0.05, 0) is 49.0 Å². The number of hydrogen-bond donors (Lipinski definition) is 0. The number of benzene rings is 3. The summed E-state index contributed by atoms with van der Waals surface area (Å²) in [7, 11) is 0. The van der Waals surface area contributed by atoms with Crippen LogP contribution in [0.25, 0.3) is 0 Å². The van der Waals surface area contributed by atoms with Crippen LogP contribution in [-0.2, 0) is 10.8 Å². The van der Waals surface area contributed by atoms with Gasteiger partial charge in [0.15, 0.2) is 0 Å². The molecule has 1 aliphatic rings. The maximum absolute atomic E-state index is 10.4. The predicted molar refractivity (Wildman–Crippen MR) is 123 cm³/mol. The summed E-state index contributed by atoms with van der Waals surface area (Å²) in [6.45, 7) is 2.56. The number of rotatable bonds is 6. The average Bonchev–Trinajstić information content (AvgIpc) is 2.87. The molecule has 3 aromatic carbocycles. The number of piperidine rings is 1. The minimum atomic E-state index is -0.675. The number of hydrogen-bond acceptors (Lipinski definition) is 3. The molecule has 0 N–H and O–H groups in total. The van der Waals surface area contributed by atoms with E-state index in [1.54, 1.807) is 0 Å². The molecule has 0 aromatic heterocycles. The Kier molecular flexibility index (Phi) is 6.17. The van der Waals surface area contributed by atoms with E-state index in [-0.39, 0.29) is 0 Å². The average molecular weight is 406 g/mol. The van der Waals surface area contributed by atoms with Gasteiger partial charge < -0.3 is 4.90 Å². The lowest BCUT2D eigenvalue weighted by Crippen LogP contribution is -2.43. The summed E-state index contributed by atoms with van der Waals surface area (Å²) < 4.78 is 0. The molecular formula is C28H27N3. The quantitative estimate of drug-likeness (QED) is 0.548. The molecule has 4 rings (SSSR count). The molecule has 0 aliphatic carbocycles. The highest BCUT2D eigenvalue weighted by molar-refractivity contribution is 5.45. The Morgan fingerprint density at radius 1 is 0.742 bits per heavy atom. The molecule has 1 heterocycles. The van der Waals surface area contributed by atoms with Gasteiger partial charge in [-0.1, -0.05) is 91.0 Å². The Labute approximate surface area is 185 Å². The molecule has 0 spiro atoms. The second-order valence-corrected chi connectivity index (χ2v) is 8.40. The molecule has 3 nitrogen and oxygen atoms in total. The zero-order chi connectivity index (χ0) is 21.6. The lowest BCUT2D eigenvalue weighted by atomic mass is 9.72. The van der Waals surface area contributed by atoms with Crippen molar-refractivity contribution >= 4 is 0 Å². The number of likely N-dealkylation sites (tertiary alicyclic amines) is 1. The Bertz CT molecular complexity index is 1010. The zero-order valence-electron chi connectivity index (χ0n) is 17.7. The highest BCUT2D eigenvalue weighted by Gasteiger charge is 2.38. The van der Waals surface area contributed by atoms with E-state index < -0.39 is 10.8 Å². The summed E-state index contributed by atoms with van der Waals surface area (Å²) in [5.41, 5.74) is 2.12. The third-order valence-electron chi connectivity index (χ3n) is 6.78. The standard InChI is InChI=1S/C28H27N3/c29-22-27(24-10-4-1-5-11-24)16-19-31(20-17-27)21-18-28(23-30,25-12-6-2-7-13-25)26-14-8-3-9-15-26/h1-15H,16-21H2. The molecule has 0 atom stereocenters. The first-order valence-electron chi connectivity index (χ1n) is 10.9. The van der Waals surface area contributed by atoms with Crippen LogP contribution < -0.4 is 0 Å². The van der Waals surface area contributed by atoms with Crippen molar-refractivity contribution in [1.82, 2.24) is 4.90 Å². The third kappa shape index (κ3) is 4.11. The molecule has 0 saturated carbocycles. The summed E-state index contributed by atoms with van der Waals surface area (Å²) in [5, 5.41) is 20.3. The smallest absolute Gasteiger partial charge is 0.108 e. The molecule has 0 bridgehead atoms. The fourth-order valence-corrected chi connectivity index (χ4v) is 4.79. The Hall–Kier alpha value is -3.40. The molecule has 1 saturated heterocycles. The van der Waals surface area contributed by atoms with Crippen molar-refractivity contribution in [2.45, 2.75) is 30.1 Å². The van der Waals surface area contributed by atoms with E-state index in [9.17, 15) is 10.5 Å². The van der Waals surface area contributed by atoms with Crippen LogP contribution in [0.5, 0.6) is 0 Å². The summed E-state index contributed by atoms with van der Waals surface area (Å²) in [6, 6.07) is 35.7. The first kappa shape index (κ1) is 20.9. The largest absolute Gasteiger partial charge is 0.303 e. The topological polar surface area (TPSA) is 50.8 Å². The Morgan fingerprint density at radius 2 is 1.23 bits per heavy atom. The summed E-state index contributed by atoms with van der Waals surface area (Å²) in [5.74, 6) is 0. The van der Waals surface area contributed by atoms with E-state index >= 15 is 0 Å². The molecule has 1 aliphatic heterocycles. The van der Waals surface area contributed by atoms with Crippen molar-refractivity contribution in [1.29, 1.82) is 10.5 Å². The van der Waals surface area contributed by atoms with Crippen LogP contribution in [-0.4, -0.2) is 24.5 Å². The van der Waals surface area contributed by atoms with Crippen LogP contribution in [0.1, 0.15) is 36.0 Å². The predicted octanol–water partition coefficient (Wildman–Crippen LogP) is 5.44. The van der Waals surface area contributed by atoms with Gasteiger partial charge in [-0.2, -0.15) is 10.5 Å². The third-order valence-corrected chi connectivity index (χ3v) is 6.78. The van der Waals surface area contributed by atoms with Crippen LogP contribution >= 0.6 is 0 Å². The monoisotopic (exact) mass is 405 g/mol. The number of nitrogens with zero attached hydrogens (tertiary/aromatic N) is 3. The zero-order valence-corrected chi connectivity index (χ0v) is 17.7. The molecule has 1 fully saturated rings. The van der Waals surface area contributed by atoms with Crippen molar-refractivity contribution in [3.05, 3.63) is 108 Å². The normalized spacial score (nSPS) is 16.2. The highest BCUT2D eigenvalue weighted by Crippen LogP contribution is 2.38. The maximum Gasteiger partial charge on any atom is 0.108 e. The van der Waals surface area contributed by atoms with Crippen molar-refractivity contribution in [3.8, 4) is 12.1 Å². The molecule has 3 heteroatoms. The van der Waals surface area contributed by atoms with Gasteiger partial charge >= 0.3 is 0 Å². The van der Waals surface area contributed by atoms with Gasteiger partial charge in [-0.3, -0.25) is 0 Å². The molecule has 31 heavy (non-hydrogen) atoms. The van der Waals surface area contributed by atoms with E-state index in [4.69, 9.17) is 0 Å². The van der Waals surface area contributed by atoms with Crippen molar-refractivity contribution in [2.75, 3.05) is 19.6 Å². The van der Waals surface area contributed by atoms with Gasteiger partial charge in [0.25, 0.3) is 0 Å². The molecular weight excluding hydrogens is 378 g/mol. The van der Waals surface area contributed by atoms with E-state index in [2.05, 4.69) is 53.4 Å². The summed E-state index contributed by atoms with van der Waals surface area (Å²) in [4.78, 5) is 2.41. The molecule has 0 radical (unpaired) electrons. The number of nitriles is 2.